The molecule has 0 saturated heterocycles. The third kappa shape index (κ3) is 1.86. The van der Waals surface area contributed by atoms with E-state index in [0.29, 0.717) is 0 Å². The second kappa shape index (κ2) is 4.49. The summed E-state index contributed by atoms with van der Waals surface area (Å²) < 4.78 is 4.04. The van der Waals surface area contributed by atoms with Crippen LogP contribution < -0.4 is 5.32 Å². The second-order valence-electron chi connectivity index (χ2n) is 3.82. The highest BCUT2D eigenvalue weighted by atomic mass is 15.1. The van der Waals surface area contributed by atoms with Gasteiger partial charge in [0.1, 0.15) is 11.9 Å². The lowest BCUT2D eigenvalue weighted by atomic mass is 10.2. The van der Waals surface area contributed by atoms with Crippen molar-refractivity contribution in [2.24, 2.45) is 14.1 Å². The fourth-order valence-corrected chi connectivity index (χ4v) is 1.83. The van der Waals surface area contributed by atoms with Gasteiger partial charge in [-0.1, -0.05) is 6.92 Å². The van der Waals surface area contributed by atoms with E-state index in [2.05, 4.69) is 22.2 Å². The highest BCUT2D eigenvalue weighted by Crippen LogP contribution is 2.18. The van der Waals surface area contributed by atoms with Crippen LogP contribution in [0.1, 0.15) is 24.5 Å². The Bertz CT molecular complexity index is 416. The zero-order valence-corrected chi connectivity index (χ0v) is 9.88. The molecule has 2 rings (SSSR count). The van der Waals surface area contributed by atoms with Crippen LogP contribution in [0, 0.1) is 0 Å². The van der Waals surface area contributed by atoms with Gasteiger partial charge in [-0.2, -0.15) is 0 Å². The first-order chi connectivity index (χ1) is 7.74. The topological polar surface area (TPSA) is 47.7 Å². The molecule has 0 aliphatic rings. The van der Waals surface area contributed by atoms with E-state index >= 15 is 0 Å². The van der Waals surface area contributed by atoms with E-state index in [1.54, 1.807) is 0 Å². The van der Waals surface area contributed by atoms with Crippen LogP contribution >= 0.6 is 0 Å². The molecule has 2 aromatic heterocycles. The number of imidazole rings is 2. The minimum Gasteiger partial charge on any atom is -0.336 e. The first-order valence-corrected chi connectivity index (χ1v) is 5.40. The van der Waals surface area contributed by atoms with Crippen molar-refractivity contribution in [3.63, 3.8) is 0 Å². The van der Waals surface area contributed by atoms with Crippen molar-refractivity contribution in [3.8, 4) is 0 Å². The monoisotopic (exact) mass is 219 g/mol. The summed E-state index contributed by atoms with van der Waals surface area (Å²) >= 11 is 0. The summed E-state index contributed by atoms with van der Waals surface area (Å²) in [5.74, 6) is 1.01. The molecule has 2 heterocycles. The molecule has 1 N–H and O–H groups in total. The molecule has 86 valence electrons. The number of nitrogens with one attached hydrogen (secondary N) is 1. The standard InChI is InChI=1S/C11H17N5/c1-4-13-10(9-7-12-8-16(9)3)11-14-5-6-15(11)2/h5-8,10,13H,4H2,1-3H3. The van der Waals surface area contributed by atoms with Crippen LogP contribution in [0.5, 0.6) is 0 Å². The van der Waals surface area contributed by atoms with Crippen molar-refractivity contribution in [1.29, 1.82) is 0 Å². The predicted molar refractivity (Wildman–Crippen MR) is 61.9 cm³/mol. The number of aryl methyl sites for hydroxylation is 2. The van der Waals surface area contributed by atoms with Crippen molar-refractivity contribution in [2.45, 2.75) is 13.0 Å². The van der Waals surface area contributed by atoms with Gasteiger partial charge in [0.15, 0.2) is 0 Å². The number of nitrogens with zero attached hydrogens (tertiary/aromatic N) is 4. The fourth-order valence-electron chi connectivity index (χ4n) is 1.83. The molecule has 0 spiro atoms. The highest BCUT2D eigenvalue weighted by Gasteiger charge is 2.19. The highest BCUT2D eigenvalue weighted by molar-refractivity contribution is 5.16. The fraction of sp³-hybridized carbons (Fsp3) is 0.455. The molecule has 0 saturated carbocycles. The van der Waals surface area contributed by atoms with E-state index in [4.69, 9.17) is 0 Å². The molecule has 0 aliphatic heterocycles. The first kappa shape index (κ1) is 10.9. The molecular weight excluding hydrogens is 202 g/mol. The Kier molecular flexibility index (Phi) is 3.05. The molecule has 2 aromatic rings. The molecule has 0 aliphatic carbocycles. The van der Waals surface area contributed by atoms with Gasteiger partial charge in [0.05, 0.1) is 18.2 Å². The van der Waals surface area contributed by atoms with Crippen molar-refractivity contribution in [1.82, 2.24) is 24.4 Å². The Balaban J connectivity index is 2.39. The number of hydrogen-bond acceptors (Lipinski definition) is 3. The van der Waals surface area contributed by atoms with Gasteiger partial charge >= 0.3 is 0 Å². The van der Waals surface area contributed by atoms with Crippen molar-refractivity contribution < 1.29 is 0 Å². The van der Waals surface area contributed by atoms with Gasteiger partial charge in [-0.25, -0.2) is 9.97 Å². The van der Waals surface area contributed by atoms with Crippen LogP contribution in [-0.2, 0) is 14.1 Å². The van der Waals surface area contributed by atoms with Crippen LogP contribution in [0.3, 0.4) is 0 Å². The van der Waals surface area contributed by atoms with Crippen molar-refractivity contribution >= 4 is 0 Å². The van der Waals surface area contributed by atoms with E-state index in [-0.39, 0.29) is 6.04 Å². The van der Waals surface area contributed by atoms with Gasteiger partial charge in [-0.15, -0.1) is 0 Å². The Morgan fingerprint density at radius 2 is 2.19 bits per heavy atom. The van der Waals surface area contributed by atoms with E-state index in [9.17, 15) is 0 Å². The Morgan fingerprint density at radius 3 is 2.69 bits per heavy atom. The number of aromatic nitrogens is 4. The smallest absolute Gasteiger partial charge is 0.131 e. The van der Waals surface area contributed by atoms with E-state index in [1.165, 1.54) is 0 Å². The Hall–Kier alpha value is -1.62. The van der Waals surface area contributed by atoms with E-state index < -0.39 is 0 Å². The molecule has 1 unspecified atom stereocenters. The summed E-state index contributed by atoms with van der Waals surface area (Å²) in [7, 11) is 4.00. The Labute approximate surface area is 95.1 Å². The van der Waals surface area contributed by atoms with Gasteiger partial charge in [-0.05, 0) is 6.54 Å². The van der Waals surface area contributed by atoms with Gasteiger partial charge in [0.2, 0.25) is 0 Å². The third-order valence-electron chi connectivity index (χ3n) is 2.67. The zero-order valence-electron chi connectivity index (χ0n) is 9.88. The molecule has 5 nitrogen and oxygen atoms in total. The molecule has 16 heavy (non-hydrogen) atoms. The summed E-state index contributed by atoms with van der Waals surface area (Å²) in [5, 5.41) is 3.42. The molecule has 0 fully saturated rings. The molecule has 1 atom stereocenters. The van der Waals surface area contributed by atoms with Gasteiger partial charge in [-0.3, -0.25) is 0 Å². The number of hydrogen-bond donors (Lipinski definition) is 1. The first-order valence-electron chi connectivity index (χ1n) is 5.40. The van der Waals surface area contributed by atoms with Crippen LogP contribution in [0.2, 0.25) is 0 Å². The van der Waals surface area contributed by atoms with Crippen LogP contribution in [0.15, 0.2) is 24.9 Å². The predicted octanol–water partition coefficient (Wildman–Crippen LogP) is 0.852. The molecule has 5 heteroatoms. The van der Waals surface area contributed by atoms with Crippen molar-refractivity contribution in [2.75, 3.05) is 6.54 Å². The van der Waals surface area contributed by atoms with Crippen molar-refractivity contribution in [3.05, 3.63) is 36.4 Å². The van der Waals surface area contributed by atoms with Gasteiger partial charge in [0.25, 0.3) is 0 Å². The molecule has 0 amide bonds. The van der Waals surface area contributed by atoms with Gasteiger partial charge in [0, 0.05) is 26.5 Å². The minimum atomic E-state index is 0.0949. The quantitative estimate of drug-likeness (QED) is 0.829. The summed E-state index contributed by atoms with van der Waals surface area (Å²) in [4.78, 5) is 8.54. The molecular formula is C11H17N5. The summed E-state index contributed by atoms with van der Waals surface area (Å²) in [6.45, 7) is 2.98. The second-order valence-corrected chi connectivity index (χ2v) is 3.82. The van der Waals surface area contributed by atoms with E-state index in [0.717, 1.165) is 18.1 Å². The normalized spacial score (nSPS) is 12.9. The minimum absolute atomic E-state index is 0.0949. The summed E-state index contributed by atoms with van der Waals surface area (Å²) in [6, 6.07) is 0.0949. The largest absolute Gasteiger partial charge is 0.336 e. The lowest BCUT2D eigenvalue weighted by Crippen LogP contribution is -2.26. The van der Waals surface area contributed by atoms with Gasteiger partial charge < -0.3 is 14.5 Å². The van der Waals surface area contributed by atoms with Crippen LogP contribution in [0.4, 0.5) is 0 Å². The summed E-state index contributed by atoms with van der Waals surface area (Å²) in [5.41, 5.74) is 1.12. The maximum absolute atomic E-state index is 4.39. The molecule has 0 radical (unpaired) electrons. The summed E-state index contributed by atoms with van der Waals surface area (Å²) in [6.07, 6.45) is 7.46. The molecule has 0 aromatic carbocycles. The lowest BCUT2D eigenvalue weighted by Gasteiger charge is -2.17. The SMILES string of the molecule is CCNC(c1cncn1C)c1nccn1C. The third-order valence-corrected chi connectivity index (χ3v) is 2.67. The average Bonchev–Trinajstić information content (AvgIpc) is 2.84. The maximum Gasteiger partial charge on any atom is 0.131 e. The lowest BCUT2D eigenvalue weighted by molar-refractivity contribution is 0.549. The zero-order chi connectivity index (χ0) is 11.5. The van der Waals surface area contributed by atoms with Crippen LogP contribution in [0.25, 0.3) is 0 Å². The maximum atomic E-state index is 4.39. The molecule has 0 bridgehead atoms. The average molecular weight is 219 g/mol. The van der Waals surface area contributed by atoms with Crippen LogP contribution in [-0.4, -0.2) is 25.6 Å². The van der Waals surface area contributed by atoms with E-state index in [1.807, 2.05) is 48.1 Å². The number of rotatable bonds is 4. The Morgan fingerprint density at radius 1 is 1.38 bits per heavy atom.